The molecule has 3 rings (SSSR count). The van der Waals surface area contributed by atoms with E-state index < -0.39 is 6.04 Å². The van der Waals surface area contributed by atoms with Gasteiger partial charge in [-0.1, -0.05) is 42.5 Å². The summed E-state index contributed by atoms with van der Waals surface area (Å²) in [6.45, 7) is 0.456. The summed E-state index contributed by atoms with van der Waals surface area (Å²) in [5, 5.41) is 14.0. The van der Waals surface area contributed by atoms with Gasteiger partial charge >= 0.3 is 0 Å². The average molecular weight is 339 g/mol. The van der Waals surface area contributed by atoms with Gasteiger partial charge in [0.05, 0.1) is 0 Å². The Kier molecular flexibility index (Phi) is 5.46. The number of nitrogens with zero attached hydrogens (tertiary/aromatic N) is 4. The van der Waals surface area contributed by atoms with Gasteiger partial charge < -0.3 is 5.32 Å². The summed E-state index contributed by atoms with van der Waals surface area (Å²) in [7, 11) is 0. The maximum atomic E-state index is 12.9. The molecule has 2 aromatic carbocycles. The molecule has 1 N–H and O–H groups in total. The van der Waals surface area contributed by atoms with E-state index in [4.69, 9.17) is 0 Å². The van der Waals surface area contributed by atoms with Gasteiger partial charge in [-0.15, -0.1) is 5.10 Å². The molecule has 0 aliphatic heterocycles. The monoisotopic (exact) mass is 339 g/mol. The third-order valence-electron chi connectivity index (χ3n) is 3.88. The number of tetrazole rings is 1. The predicted octanol–water partition coefficient (Wildman–Crippen LogP) is 1.95. The van der Waals surface area contributed by atoms with E-state index >= 15 is 0 Å². The molecule has 0 radical (unpaired) electrons. The van der Waals surface area contributed by atoms with E-state index in [-0.39, 0.29) is 11.7 Å². The van der Waals surface area contributed by atoms with Crippen LogP contribution < -0.4 is 5.32 Å². The molecule has 1 aromatic heterocycles. The van der Waals surface area contributed by atoms with E-state index in [1.165, 1.54) is 23.1 Å². The van der Waals surface area contributed by atoms with Crippen molar-refractivity contribution in [1.29, 1.82) is 0 Å². The van der Waals surface area contributed by atoms with Crippen LogP contribution in [0.1, 0.15) is 17.2 Å². The fourth-order valence-corrected chi connectivity index (χ4v) is 2.55. The van der Waals surface area contributed by atoms with Crippen LogP contribution in [-0.2, 0) is 17.6 Å². The predicted molar refractivity (Wildman–Crippen MR) is 90.1 cm³/mol. The Morgan fingerprint density at radius 1 is 1.08 bits per heavy atom. The number of hydrogen-bond donors (Lipinski definition) is 1. The SMILES string of the molecule is O=C(NCCc1ccc(F)cc1)[C@H](Cc1ccccc1)n1cnnn1. The number of rotatable bonds is 7. The van der Waals surface area contributed by atoms with Gasteiger partial charge in [-0.3, -0.25) is 4.79 Å². The molecule has 0 bridgehead atoms. The molecule has 1 atom stereocenters. The van der Waals surface area contributed by atoms with E-state index in [1.807, 2.05) is 30.3 Å². The molecule has 0 spiro atoms. The summed E-state index contributed by atoms with van der Waals surface area (Å²) in [4.78, 5) is 12.6. The van der Waals surface area contributed by atoms with Crippen LogP contribution in [0.25, 0.3) is 0 Å². The topological polar surface area (TPSA) is 72.7 Å². The molecule has 1 amide bonds. The van der Waals surface area contributed by atoms with E-state index in [2.05, 4.69) is 20.8 Å². The molecule has 0 aliphatic carbocycles. The van der Waals surface area contributed by atoms with Crippen molar-refractivity contribution in [2.45, 2.75) is 18.9 Å². The smallest absolute Gasteiger partial charge is 0.245 e. The van der Waals surface area contributed by atoms with Crippen molar-refractivity contribution in [3.8, 4) is 0 Å². The van der Waals surface area contributed by atoms with Gasteiger partial charge in [-0.25, -0.2) is 9.07 Å². The molecule has 25 heavy (non-hydrogen) atoms. The molecule has 0 aliphatic rings. The highest BCUT2D eigenvalue weighted by Gasteiger charge is 2.21. The third-order valence-corrected chi connectivity index (χ3v) is 3.88. The molecule has 0 fully saturated rings. The molecule has 0 unspecified atom stereocenters. The van der Waals surface area contributed by atoms with Crippen LogP contribution >= 0.6 is 0 Å². The Morgan fingerprint density at radius 2 is 1.84 bits per heavy atom. The van der Waals surface area contributed by atoms with Crippen LogP contribution in [0.4, 0.5) is 4.39 Å². The molecule has 3 aromatic rings. The van der Waals surface area contributed by atoms with Crippen molar-refractivity contribution in [3.63, 3.8) is 0 Å². The molecule has 128 valence electrons. The maximum absolute atomic E-state index is 12.9. The van der Waals surface area contributed by atoms with Crippen LogP contribution in [0.2, 0.25) is 0 Å². The summed E-state index contributed by atoms with van der Waals surface area (Å²) in [5.74, 6) is -0.423. The lowest BCUT2D eigenvalue weighted by Crippen LogP contribution is -2.35. The zero-order valence-electron chi connectivity index (χ0n) is 13.5. The number of carbonyl (C=O) groups is 1. The number of aromatic nitrogens is 4. The lowest BCUT2D eigenvalue weighted by molar-refractivity contribution is -0.124. The van der Waals surface area contributed by atoms with Crippen LogP contribution in [0.3, 0.4) is 0 Å². The van der Waals surface area contributed by atoms with Gasteiger partial charge in [-0.2, -0.15) is 0 Å². The average Bonchev–Trinajstić information content (AvgIpc) is 3.16. The minimum absolute atomic E-state index is 0.154. The van der Waals surface area contributed by atoms with Gasteiger partial charge in [0, 0.05) is 13.0 Å². The standard InChI is InChI=1S/C18H18FN5O/c19-16-8-6-14(7-9-16)10-11-20-18(25)17(24-13-21-22-23-24)12-15-4-2-1-3-5-15/h1-9,13,17H,10-12H2,(H,20,25)/t17-/m0/s1. The Balaban J connectivity index is 1.62. The lowest BCUT2D eigenvalue weighted by Gasteiger charge is -2.16. The molecule has 7 heteroatoms. The molecule has 0 saturated carbocycles. The second kappa shape index (κ2) is 8.14. The van der Waals surface area contributed by atoms with E-state index in [0.29, 0.717) is 19.4 Å². The summed E-state index contributed by atoms with van der Waals surface area (Å²) < 4.78 is 14.4. The first kappa shape index (κ1) is 16.8. The quantitative estimate of drug-likeness (QED) is 0.714. The molecule has 1 heterocycles. The summed E-state index contributed by atoms with van der Waals surface area (Å²) in [6, 6.07) is 15.4. The first-order chi connectivity index (χ1) is 12.2. The van der Waals surface area contributed by atoms with Crippen molar-refractivity contribution >= 4 is 5.91 Å². The van der Waals surface area contributed by atoms with Crippen LogP contribution in [0.15, 0.2) is 60.9 Å². The number of benzene rings is 2. The van der Waals surface area contributed by atoms with Crippen molar-refractivity contribution in [2.24, 2.45) is 0 Å². The number of halogens is 1. The Morgan fingerprint density at radius 3 is 2.52 bits per heavy atom. The van der Waals surface area contributed by atoms with Crippen LogP contribution in [0, 0.1) is 5.82 Å². The second-order valence-electron chi connectivity index (χ2n) is 5.66. The highest BCUT2D eigenvalue weighted by Crippen LogP contribution is 2.13. The summed E-state index contributed by atoms with van der Waals surface area (Å²) >= 11 is 0. The van der Waals surface area contributed by atoms with Crippen molar-refractivity contribution in [2.75, 3.05) is 6.54 Å². The normalized spacial score (nSPS) is 11.9. The van der Waals surface area contributed by atoms with E-state index in [0.717, 1.165) is 11.1 Å². The Bertz CT molecular complexity index is 790. The highest BCUT2D eigenvalue weighted by molar-refractivity contribution is 5.80. The summed E-state index contributed by atoms with van der Waals surface area (Å²) in [5.41, 5.74) is 1.99. The number of nitrogens with one attached hydrogen (secondary N) is 1. The lowest BCUT2D eigenvalue weighted by atomic mass is 10.1. The largest absolute Gasteiger partial charge is 0.354 e. The van der Waals surface area contributed by atoms with E-state index in [9.17, 15) is 9.18 Å². The van der Waals surface area contributed by atoms with Crippen molar-refractivity contribution in [1.82, 2.24) is 25.5 Å². The Hall–Kier alpha value is -3.09. The highest BCUT2D eigenvalue weighted by atomic mass is 19.1. The first-order valence-corrected chi connectivity index (χ1v) is 8.01. The third kappa shape index (κ3) is 4.69. The summed E-state index contributed by atoms with van der Waals surface area (Å²) in [6.07, 6.45) is 2.56. The fraction of sp³-hybridized carbons (Fsp3) is 0.222. The van der Waals surface area contributed by atoms with Gasteiger partial charge in [0.25, 0.3) is 0 Å². The van der Waals surface area contributed by atoms with Crippen LogP contribution in [0.5, 0.6) is 0 Å². The number of amides is 1. The molecular weight excluding hydrogens is 321 g/mol. The van der Waals surface area contributed by atoms with Crippen LogP contribution in [-0.4, -0.2) is 32.7 Å². The molecular formula is C18H18FN5O. The minimum atomic E-state index is -0.523. The second-order valence-corrected chi connectivity index (χ2v) is 5.66. The van der Waals surface area contributed by atoms with Gasteiger partial charge in [0.15, 0.2) is 0 Å². The first-order valence-electron chi connectivity index (χ1n) is 8.01. The van der Waals surface area contributed by atoms with Gasteiger partial charge in [0.2, 0.25) is 5.91 Å². The van der Waals surface area contributed by atoms with Gasteiger partial charge in [-0.05, 0) is 40.1 Å². The number of hydrogen-bond acceptors (Lipinski definition) is 4. The molecule has 6 nitrogen and oxygen atoms in total. The zero-order chi connectivity index (χ0) is 17.5. The maximum Gasteiger partial charge on any atom is 0.245 e. The van der Waals surface area contributed by atoms with E-state index in [1.54, 1.807) is 12.1 Å². The fourth-order valence-electron chi connectivity index (χ4n) is 2.55. The van der Waals surface area contributed by atoms with Crippen molar-refractivity contribution in [3.05, 3.63) is 77.9 Å². The molecule has 0 saturated heterocycles. The Labute approximate surface area is 144 Å². The zero-order valence-corrected chi connectivity index (χ0v) is 13.5. The van der Waals surface area contributed by atoms with Gasteiger partial charge in [0.1, 0.15) is 18.2 Å². The van der Waals surface area contributed by atoms with Crippen molar-refractivity contribution < 1.29 is 9.18 Å². The minimum Gasteiger partial charge on any atom is -0.354 e. The number of carbonyl (C=O) groups excluding carboxylic acids is 1.